The molecule has 0 bridgehead atoms. The van der Waals surface area contributed by atoms with Gasteiger partial charge in [-0.25, -0.2) is 5.06 Å². The quantitative estimate of drug-likeness (QED) is 0.871. The number of benzene rings is 2. The fraction of sp³-hybridized carbons (Fsp3) is 0.0667. The van der Waals surface area contributed by atoms with E-state index in [1.807, 2.05) is 30.3 Å². The molecule has 2 aromatic rings. The molecule has 5 heteroatoms. The van der Waals surface area contributed by atoms with Crippen molar-refractivity contribution in [1.29, 1.82) is 0 Å². The van der Waals surface area contributed by atoms with Crippen molar-refractivity contribution in [2.75, 3.05) is 0 Å². The zero-order valence-corrected chi connectivity index (χ0v) is 11.5. The van der Waals surface area contributed by atoms with Gasteiger partial charge >= 0.3 is 10.1 Å². The van der Waals surface area contributed by atoms with Crippen molar-refractivity contribution in [3.8, 4) is 0 Å². The van der Waals surface area contributed by atoms with Crippen LogP contribution < -0.4 is 0 Å². The first-order valence-electron chi connectivity index (χ1n) is 6.17. The molecule has 0 aromatic heterocycles. The second-order valence-corrected chi connectivity index (χ2v) is 5.96. The highest BCUT2D eigenvalue weighted by atomic mass is 32.2. The predicted molar refractivity (Wildman–Crippen MR) is 75.7 cm³/mol. The highest BCUT2D eigenvalue weighted by Gasteiger charge is 2.20. The Balaban J connectivity index is 1.81. The summed E-state index contributed by atoms with van der Waals surface area (Å²) in [7, 11) is -3.79. The van der Waals surface area contributed by atoms with Gasteiger partial charge in [0.1, 0.15) is 0 Å². The van der Waals surface area contributed by atoms with E-state index >= 15 is 0 Å². The van der Waals surface area contributed by atoms with Crippen molar-refractivity contribution in [2.45, 2.75) is 11.4 Å². The van der Waals surface area contributed by atoms with Gasteiger partial charge in [-0.05, 0) is 29.3 Å². The molecule has 1 aliphatic rings. The summed E-state index contributed by atoms with van der Waals surface area (Å²) >= 11 is 0. The van der Waals surface area contributed by atoms with Crippen LogP contribution >= 0.6 is 0 Å². The molecule has 0 spiro atoms. The van der Waals surface area contributed by atoms with Gasteiger partial charge in [0.2, 0.25) is 0 Å². The molecule has 0 N–H and O–H groups in total. The second-order valence-electron chi connectivity index (χ2n) is 4.43. The number of hydrogen-bond acceptors (Lipinski definition) is 4. The van der Waals surface area contributed by atoms with E-state index in [2.05, 4.69) is 0 Å². The van der Waals surface area contributed by atoms with Crippen molar-refractivity contribution in [3.05, 3.63) is 71.9 Å². The molecule has 0 saturated heterocycles. The molecule has 3 rings (SSSR count). The lowest BCUT2D eigenvalue weighted by molar-refractivity contribution is -0.00819. The zero-order valence-electron chi connectivity index (χ0n) is 10.6. The average molecular weight is 287 g/mol. The van der Waals surface area contributed by atoms with Crippen molar-refractivity contribution >= 4 is 16.2 Å². The summed E-state index contributed by atoms with van der Waals surface area (Å²) in [6.45, 7) is 0.402. The van der Waals surface area contributed by atoms with E-state index in [1.54, 1.807) is 24.4 Å². The molecule has 0 radical (unpaired) electrons. The average Bonchev–Trinajstić information content (AvgIpc) is 2.48. The summed E-state index contributed by atoms with van der Waals surface area (Å²) in [6, 6.07) is 15.9. The number of hydroxylamine groups is 2. The second kappa shape index (κ2) is 5.11. The van der Waals surface area contributed by atoms with E-state index in [0.717, 1.165) is 11.1 Å². The summed E-state index contributed by atoms with van der Waals surface area (Å²) in [5.41, 5.74) is 2.10. The Morgan fingerprint density at radius 2 is 1.65 bits per heavy atom. The molecule has 0 atom stereocenters. The van der Waals surface area contributed by atoms with Crippen LogP contribution in [0.25, 0.3) is 6.08 Å². The van der Waals surface area contributed by atoms with E-state index in [0.29, 0.717) is 6.54 Å². The standard InChI is InChI=1S/C15H13NO3S/c17-20(18,15-8-2-1-3-9-15)19-16-11-10-13-6-4-5-7-14(13)12-16/h1-11H,12H2. The summed E-state index contributed by atoms with van der Waals surface area (Å²) in [5, 5.41) is 1.32. The van der Waals surface area contributed by atoms with E-state index in [9.17, 15) is 8.42 Å². The van der Waals surface area contributed by atoms with Crippen LogP contribution in [0.4, 0.5) is 0 Å². The highest BCUT2D eigenvalue weighted by molar-refractivity contribution is 7.86. The van der Waals surface area contributed by atoms with Crippen LogP contribution in [0.15, 0.2) is 65.7 Å². The first kappa shape index (κ1) is 12.9. The van der Waals surface area contributed by atoms with Crippen LogP contribution in [-0.2, 0) is 20.9 Å². The molecule has 4 nitrogen and oxygen atoms in total. The molecular formula is C15H13NO3S. The molecule has 2 aromatic carbocycles. The van der Waals surface area contributed by atoms with E-state index in [4.69, 9.17) is 4.28 Å². The molecule has 1 heterocycles. The third kappa shape index (κ3) is 2.59. The van der Waals surface area contributed by atoms with Crippen LogP contribution in [0.3, 0.4) is 0 Å². The minimum atomic E-state index is -3.79. The van der Waals surface area contributed by atoms with E-state index in [-0.39, 0.29) is 4.90 Å². The molecular weight excluding hydrogens is 274 g/mol. The van der Waals surface area contributed by atoms with Gasteiger partial charge in [-0.2, -0.15) is 8.42 Å². The lowest BCUT2D eigenvalue weighted by Crippen LogP contribution is -2.24. The Morgan fingerprint density at radius 3 is 2.45 bits per heavy atom. The molecule has 102 valence electrons. The van der Waals surface area contributed by atoms with Gasteiger partial charge < -0.3 is 0 Å². The lowest BCUT2D eigenvalue weighted by atomic mass is 10.1. The van der Waals surface area contributed by atoms with Crippen molar-refractivity contribution in [2.24, 2.45) is 0 Å². The lowest BCUT2D eigenvalue weighted by Gasteiger charge is -2.23. The first-order valence-corrected chi connectivity index (χ1v) is 7.58. The summed E-state index contributed by atoms with van der Waals surface area (Å²) in [6.07, 6.45) is 3.46. The molecule has 0 amide bonds. The van der Waals surface area contributed by atoms with E-state index in [1.165, 1.54) is 17.2 Å². The summed E-state index contributed by atoms with van der Waals surface area (Å²) in [4.78, 5) is 0.146. The first-order chi connectivity index (χ1) is 9.65. The molecule has 20 heavy (non-hydrogen) atoms. The Kier molecular flexibility index (Phi) is 3.30. The zero-order chi connectivity index (χ0) is 14.0. The SMILES string of the molecule is O=S(=O)(ON1C=Cc2ccccc2C1)c1ccccc1. The normalized spacial score (nSPS) is 14.1. The van der Waals surface area contributed by atoms with Crippen LogP contribution in [0.2, 0.25) is 0 Å². The minimum absolute atomic E-state index is 0.146. The number of rotatable bonds is 3. The summed E-state index contributed by atoms with van der Waals surface area (Å²) < 4.78 is 29.4. The fourth-order valence-corrected chi connectivity index (χ4v) is 2.96. The Hall–Kier alpha value is -2.11. The fourth-order valence-electron chi connectivity index (χ4n) is 2.03. The van der Waals surface area contributed by atoms with Crippen molar-refractivity contribution in [1.82, 2.24) is 5.06 Å². The maximum atomic E-state index is 12.1. The van der Waals surface area contributed by atoms with Gasteiger partial charge in [0.25, 0.3) is 0 Å². The molecule has 0 saturated carbocycles. The van der Waals surface area contributed by atoms with Gasteiger partial charge in [-0.3, -0.25) is 0 Å². The molecule has 0 unspecified atom stereocenters. The maximum absolute atomic E-state index is 12.1. The topological polar surface area (TPSA) is 46.6 Å². The van der Waals surface area contributed by atoms with Crippen molar-refractivity contribution in [3.63, 3.8) is 0 Å². The van der Waals surface area contributed by atoms with Crippen LogP contribution in [0.1, 0.15) is 11.1 Å². The molecule has 0 fully saturated rings. The van der Waals surface area contributed by atoms with Gasteiger partial charge in [0.15, 0.2) is 0 Å². The maximum Gasteiger partial charge on any atom is 0.317 e. The highest BCUT2D eigenvalue weighted by Crippen LogP contribution is 2.22. The molecule has 0 aliphatic carbocycles. The van der Waals surface area contributed by atoms with Crippen LogP contribution in [-0.4, -0.2) is 13.5 Å². The van der Waals surface area contributed by atoms with Gasteiger partial charge in [0.05, 0.1) is 11.4 Å². The Bertz CT molecular complexity index is 739. The van der Waals surface area contributed by atoms with Crippen molar-refractivity contribution < 1.29 is 12.7 Å². The smallest absolute Gasteiger partial charge is 0.239 e. The Labute approximate surface area is 118 Å². The van der Waals surface area contributed by atoms with Gasteiger partial charge in [-0.1, -0.05) is 42.5 Å². The van der Waals surface area contributed by atoms with Crippen LogP contribution in [0.5, 0.6) is 0 Å². The van der Waals surface area contributed by atoms with Gasteiger partial charge in [0, 0.05) is 6.20 Å². The summed E-state index contributed by atoms with van der Waals surface area (Å²) in [5.74, 6) is 0. The third-order valence-corrected chi connectivity index (χ3v) is 4.26. The van der Waals surface area contributed by atoms with Gasteiger partial charge in [-0.15, -0.1) is 4.28 Å². The monoisotopic (exact) mass is 287 g/mol. The minimum Gasteiger partial charge on any atom is -0.239 e. The molecule has 1 aliphatic heterocycles. The number of hydrogen-bond donors (Lipinski definition) is 0. The Morgan fingerprint density at radius 1 is 0.950 bits per heavy atom. The van der Waals surface area contributed by atoms with E-state index < -0.39 is 10.1 Å². The van der Waals surface area contributed by atoms with Crippen LogP contribution in [0, 0.1) is 0 Å². The largest absolute Gasteiger partial charge is 0.317 e. The third-order valence-electron chi connectivity index (χ3n) is 3.03. The predicted octanol–water partition coefficient (Wildman–Crippen LogP) is 2.79. The number of fused-ring (bicyclic) bond motifs is 1. The number of nitrogens with zero attached hydrogens (tertiary/aromatic N) is 1.